The highest BCUT2D eigenvalue weighted by Gasteiger charge is 2.01. The molecule has 0 amide bonds. The van der Waals surface area contributed by atoms with Crippen molar-refractivity contribution in [1.29, 1.82) is 0 Å². The summed E-state index contributed by atoms with van der Waals surface area (Å²) in [4.78, 5) is 0. The average molecular weight is 225 g/mol. The van der Waals surface area contributed by atoms with Crippen molar-refractivity contribution in [2.75, 3.05) is 20.3 Å². The van der Waals surface area contributed by atoms with Crippen LogP contribution in [-0.4, -0.2) is 30.5 Å². The highest BCUT2D eigenvalue weighted by atomic mass is 16.5. The van der Waals surface area contributed by atoms with E-state index in [0.717, 1.165) is 31.6 Å². The molecule has 16 heavy (non-hydrogen) atoms. The summed E-state index contributed by atoms with van der Waals surface area (Å²) < 4.78 is 4.94. The molecule has 0 saturated heterocycles. The van der Waals surface area contributed by atoms with Gasteiger partial charge in [-0.25, -0.2) is 0 Å². The lowest BCUT2D eigenvalue weighted by Crippen LogP contribution is -2.15. The number of unbranched alkanes of at least 4 members (excludes halogenated alkanes) is 1. The highest BCUT2D eigenvalue weighted by molar-refractivity contribution is 5.38. The third kappa shape index (κ3) is 4.51. The minimum Gasteiger partial charge on any atom is -0.508 e. The Labute approximate surface area is 95.9 Å². The number of phenolic OH excluding ortho intramolecular Hbond substituents is 2. The maximum atomic E-state index is 9.51. The van der Waals surface area contributed by atoms with E-state index in [2.05, 4.69) is 5.32 Å². The van der Waals surface area contributed by atoms with Gasteiger partial charge in [-0.2, -0.15) is 0 Å². The molecule has 1 aromatic rings. The predicted molar refractivity (Wildman–Crippen MR) is 62.6 cm³/mol. The molecule has 0 fully saturated rings. The quantitative estimate of drug-likeness (QED) is 0.617. The van der Waals surface area contributed by atoms with Crippen molar-refractivity contribution in [2.24, 2.45) is 0 Å². The maximum Gasteiger partial charge on any atom is 0.123 e. The molecule has 0 spiro atoms. The molecule has 4 nitrogen and oxygen atoms in total. The van der Waals surface area contributed by atoms with Gasteiger partial charge in [-0.1, -0.05) is 6.07 Å². The monoisotopic (exact) mass is 225 g/mol. The standard InChI is InChI=1S/C12H19NO3/c1-16-7-3-2-6-13-9-10-4-5-11(14)8-12(10)15/h4-5,8,13-15H,2-3,6-7,9H2,1H3. The fourth-order valence-corrected chi connectivity index (χ4v) is 1.42. The van der Waals surface area contributed by atoms with Crippen LogP contribution in [0.1, 0.15) is 18.4 Å². The third-order valence-corrected chi connectivity index (χ3v) is 2.34. The van der Waals surface area contributed by atoms with Gasteiger partial charge in [0.1, 0.15) is 11.5 Å². The molecular formula is C12H19NO3. The first-order chi connectivity index (χ1) is 7.74. The number of ether oxygens (including phenoxy) is 1. The molecular weight excluding hydrogens is 206 g/mol. The van der Waals surface area contributed by atoms with Gasteiger partial charge in [0.15, 0.2) is 0 Å². The topological polar surface area (TPSA) is 61.7 Å². The second-order valence-electron chi connectivity index (χ2n) is 3.69. The summed E-state index contributed by atoms with van der Waals surface area (Å²) >= 11 is 0. The SMILES string of the molecule is COCCCCNCc1ccc(O)cc1O. The lowest BCUT2D eigenvalue weighted by molar-refractivity contribution is 0.192. The summed E-state index contributed by atoms with van der Waals surface area (Å²) in [6.07, 6.45) is 2.08. The maximum absolute atomic E-state index is 9.51. The number of benzene rings is 1. The van der Waals surface area contributed by atoms with Crippen LogP contribution >= 0.6 is 0 Å². The van der Waals surface area contributed by atoms with Crippen LogP contribution in [-0.2, 0) is 11.3 Å². The molecule has 90 valence electrons. The lowest BCUT2D eigenvalue weighted by Gasteiger charge is -2.07. The molecule has 0 saturated carbocycles. The normalized spacial score (nSPS) is 10.6. The summed E-state index contributed by atoms with van der Waals surface area (Å²) in [6.45, 7) is 2.29. The minimum atomic E-state index is 0.0846. The lowest BCUT2D eigenvalue weighted by atomic mass is 10.2. The van der Waals surface area contributed by atoms with Crippen LogP contribution in [0.2, 0.25) is 0 Å². The van der Waals surface area contributed by atoms with Gasteiger partial charge >= 0.3 is 0 Å². The number of methoxy groups -OCH3 is 1. The number of hydrogen-bond donors (Lipinski definition) is 3. The molecule has 0 atom stereocenters. The van der Waals surface area contributed by atoms with Gasteiger partial charge in [0.25, 0.3) is 0 Å². The molecule has 0 aliphatic heterocycles. The Morgan fingerprint density at radius 3 is 2.75 bits per heavy atom. The van der Waals surface area contributed by atoms with Crippen LogP contribution in [0.3, 0.4) is 0 Å². The van der Waals surface area contributed by atoms with E-state index >= 15 is 0 Å². The van der Waals surface area contributed by atoms with E-state index in [4.69, 9.17) is 9.84 Å². The summed E-state index contributed by atoms with van der Waals surface area (Å²) in [5, 5.41) is 21.8. The van der Waals surface area contributed by atoms with E-state index in [1.54, 1.807) is 19.2 Å². The van der Waals surface area contributed by atoms with Crippen molar-refractivity contribution in [3.05, 3.63) is 23.8 Å². The Hall–Kier alpha value is -1.26. The Kier molecular flexibility index (Phi) is 5.67. The fraction of sp³-hybridized carbons (Fsp3) is 0.500. The molecule has 0 heterocycles. The van der Waals surface area contributed by atoms with Crippen LogP contribution in [0.5, 0.6) is 11.5 Å². The highest BCUT2D eigenvalue weighted by Crippen LogP contribution is 2.22. The zero-order valence-corrected chi connectivity index (χ0v) is 9.57. The molecule has 0 radical (unpaired) electrons. The zero-order chi connectivity index (χ0) is 11.8. The van der Waals surface area contributed by atoms with Crippen molar-refractivity contribution < 1.29 is 14.9 Å². The molecule has 1 rings (SSSR count). The Morgan fingerprint density at radius 2 is 2.06 bits per heavy atom. The van der Waals surface area contributed by atoms with Crippen molar-refractivity contribution in [3.8, 4) is 11.5 Å². The summed E-state index contributed by atoms with van der Waals surface area (Å²) in [5.41, 5.74) is 0.796. The first-order valence-electron chi connectivity index (χ1n) is 5.44. The molecule has 4 heteroatoms. The molecule has 0 aliphatic rings. The van der Waals surface area contributed by atoms with Crippen LogP contribution in [0.25, 0.3) is 0 Å². The number of aromatic hydroxyl groups is 2. The molecule has 0 bridgehead atoms. The van der Waals surface area contributed by atoms with Gasteiger partial charge in [0.2, 0.25) is 0 Å². The molecule has 3 N–H and O–H groups in total. The van der Waals surface area contributed by atoms with E-state index in [9.17, 15) is 5.11 Å². The fourth-order valence-electron chi connectivity index (χ4n) is 1.42. The summed E-state index contributed by atoms with van der Waals surface area (Å²) in [7, 11) is 1.70. The largest absolute Gasteiger partial charge is 0.508 e. The first-order valence-corrected chi connectivity index (χ1v) is 5.44. The second kappa shape index (κ2) is 7.09. The van der Waals surface area contributed by atoms with E-state index < -0.39 is 0 Å². The summed E-state index contributed by atoms with van der Waals surface area (Å²) in [6, 6.07) is 4.64. The van der Waals surface area contributed by atoms with E-state index in [0.29, 0.717) is 6.54 Å². The second-order valence-corrected chi connectivity index (χ2v) is 3.69. The zero-order valence-electron chi connectivity index (χ0n) is 9.57. The van der Waals surface area contributed by atoms with Gasteiger partial charge < -0.3 is 20.3 Å². The predicted octanol–water partition coefficient (Wildman–Crippen LogP) is 1.61. The van der Waals surface area contributed by atoms with Crippen LogP contribution < -0.4 is 5.32 Å². The molecule has 0 aromatic heterocycles. The number of hydrogen-bond acceptors (Lipinski definition) is 4. The van der Waals surface area contributed by atoms with Gasteiger partial charge in [-0.15, -0.1) is 0 Å². The van der Waals surface area contributed by atoms with Crippen molar-refractivity contribution in [2.45, 2.75) is 19.4 Å². The number of nitrogens with one attached hydrogen (secondary N) is 1. The van der Waals surface area contributed by atoms with Crippen molar-refractivity contribution in [1.82, 2.24) is 5.32 Å². The van der Waals surface area contributed by atoms with Crippen molar-refractivity contribution in [3.63, 3.8) is 0 Å². The van der Waals surface area contributed by atoms with Gasteiger partial charge in [0, 0.05) is 31.9 Å². The van der Waals surface area contributed by atoms with E-state index in [1.807, 2.05) is 0 Å². The van der Waals surface area contributed by atoms with Gasteiger partial charge in [-0.3, -0.25) is 0 Å². The number of rotatable bonds is 7. The summed E-state index contributed by atoms with van der Waals surface area (Å²) in [5.74, 6) is 0.214. The van der Waals surface area contributed by atoms with E-state index in [1.165, 1.54) is 6.07 Å². The van der Waals surface area contributed by atoms with Gasteiger partial charge in [0.05, 0.1) is 0 Å². The van der Waals surface area contributed by atoms with Crippen LogP contribution in [0, 0.1) is 0 Å². The smallest absolute Gasteiger partial charge is 0.123 e. The molecule has 0 unspecified atom stereocenters. The Balaban J connectivity index is 2.21. The number of phenols is 2. The molecule has 1 aromatic carbocycles. The van der Waals surface area contributed by atoms with Crippen LogP contribution in [0.4, 0.5) is 0 Å². The van der Waals surface area contributed by atoms with Crippen LogP contribution in [0.15, 0.2) is 18.2 Å². The average Bonchev–Trinajstić information content (AvgIpc) is 2.26. The first kappa shape index (κ1) is 12.8. The Morgan fingerprint density at radius 1 is 1.25 bits per heavy atom. The van der Waals surface area contributed by atoms with E-state index in [-0.39, 0.29) is 11.5 Å². The molecule has 0 aliphatic carbocycles. The minimum absolute atomic E-state index is 0.0846. The Bertz CT molecular complexity index is 315. The van der Waals surface area contributed by atoms with Gasteiger partial charge in [-0.05, 0) is 25.5 Å². The van der Waals surface area contributed by atoms with Crippen molar-refractivity contribution >= 4 is 0 Å². The third-order valence-electron chi connectivity index (χ3n) is 2.34.